The molecule has 0 fully saturated rings. The Morgan fingerprint density at radius 2 is 2.10 bits per heavy atom. The summed E-state index contributed by atoms with van der Waals surface area (Å²) in [4.78, 5) is 4.32. The molecule has 3 rings (SSSR count). The second-order valence-corrected chi connectivity index (χ2v) is 5.14. The van der Waals surface area contributed by atoms with Crippen LogP contribution < -0.4 is 5.11 Å². The maximum Gasteiger partial charge on any atom is 0.204 e. The van der Waals surface area contributed by atoms with Gasteiger partial charge in [0.2, 0.25) is 5.82 Å². The standard InChI is InChI=1S/C14H10BrN5O/c15-11-4-5-13(21)10(6-11)8-16-12-3-1-2-9(7-12)14-17-19-20-18-14/h1-8,21H,(H,17,18,19,20)/p-1. The van der Waals surface area contributed by atoms with Gasteiger partial charge in [-0.2, -0.15) is 5.21 Å². The Morgan fingerprint density at radius 1 is 1.19 bits per heavy atom. The summed E-state index contributed by atoms with van der Waals surface area (Å²) in [6, 6.07) is 12.3. The number of aromatic amines is 1. The van der Waals surface area contributed by atoms with Gasteiger partial charge in [0.05, 0.1) is 5.69 Å². The Kier molecular flexibility index (Phi) is 3.74. The lowest BCUT2D eigenvalue weighted by Crippen LogP contribution is -1.95. The largest absolute Gasteiger partial charge is 0.872 e. The highest BCUT2D eigenvalue weighted by Gasteiger charge is 2.02. The van der Waals surface area contributed by atoms with E-state index in [2.05, 4.69) is 41.5 Å². The molecular formula is C14H9BrN5O-. The molecule has 2 aromatic carbocycles. The molecule has 104 valence electrons. The van der Waals surface area contributed by atoms with Crippen molar-refractivity contribution in [1.82, 2.24) is 20.6 Å². The van der Waals surface area contributed by atoms with Crippen LogP contribution in [0.3, 0.4) is 0 Å². The maximum atomic E-state index is 11.7. The number of halogens is 1. The van der Waals surface area contributed by atoms with Gasteiger partial charge in [-0.25, -0.2) is 0 Å². The molecule has 0 bridgehead atoms. The van der Waals surface area contributed by atoms with E-state index in [9.17, 15) is 5.11 Å². The summed E-state index contributed by atoms with van der Waals surface area (Å²) < 4.78 is 0.837. The minimum absolute atomic E-state index is 0.0729. The van der Waals surface area contributed by atoms with Crippen LogP contribution in [-0.4, -0.2) is 26.8 Å². The molecule has 0 aliphatic carbocycles. The monoisotopic (exact) mass is 342 g/mol. The van der Waals surface area contributed by atoms with E-state index in [4.69, 9.17) is 0 Å². The number of tetrazole rings is 1. The van der Waals surface area contributed by atoms with Crippen molar-refractivity contribution in [2.24, 2.45) is 4.99 Å². The number of H-pyrrole nitrogens is 1. The van der Waals surface area contributed by atoms with Crippen LogP contribution in [0, 0.1) is 0 Å². The summed E-state index contributed by atoms with van der Waals surface area (Å²) in [7, 11) is 0. The molecule has 0 saturated heterocycles. The molecular weight excluding hydrogens is 334 g/mol. The number of benzene rings is 2. The first-order valence-electron chi connectivity index (χ1n) is 6.07. The molecule has 1 aromatic heterocycles. The van der Waals surface area contributed by atoms with Gasteiger partial charge in [-0.15, -0.1) is 10.2 Å². The minimum Gasteiger partial charge on any atom is -0.872 e. The molecule has 1 heterocycles. The normalized spacial score (nSPS) is 11.1. The quantitative estimate of drug-likeness (QED) is 0.740. The zero-order chi connectivity index (χ0) is 14.7. The second-order valence-electron chi connectivity index (χ2n) is 4.23. The average Bonchev–Trinajstić information content (AvgIpc) is 3.03. The van der Waals surface area contributed by atoms with E-state index >= 15 is 0 Å². The third-order valence-electron chi connectivity index (χ3n) is 2.77. The van der Waals surface area contributed by atoms with Crippen LogP contribution in [0.4, 0.5) is 5.69 Å². The van der Waals surface area contributed by atoms with Crippen LogP contribution in [0.1, 0.15) is 5.56 Å². The van der Waals surface area contributed by atoms with Crippen LogP contribution in [-0.2, 0) is 0 Å². The number of rotatable bonds is 3. The lowest BCUT2D eigenvalue weighted by atomic mass is 10.2. The zero-order valence-electron chi connectivity index (χ0n) is 10.7. The highest BCUT2D eigenvalue weighted by Crippen LogP contribution is 2.22. The van der Waals surface area contributed by atoms with E-state index in [1.807, 2.05) is 24.3 Å². The summed E-state index contributed by atoms with van der Waals surface area (Å²) in [5, 5.41) is 25.5. The van der Waals surface area contributed by atoms with Gasteiger partial charge in [0.15, 0.2) is 0 Å². The first kappa shape index (κ1) is 13.4. The predicted molar refractivity (Wildman–Crippen MR) is 80.5 cm³/mol. The van der Waals surface area contributed by atoms with Crippen molar-refractivity contribution in [3.8, 4) is 17.1 Å². The van der Waals surface area contributed by atoms with E-state index < -0.39 is 0 Å². The Bertz CT molecular complexity index is 786. The van der Waals surface area contributed by atoms with Crippen LogP contribution in [0.15, 0.2) is 51.9 Å². The highest BCUT2D eigenvalue weighted by atomic mass is 79.9. The first-order valence-corrected chi connectivity index (χ1v) is 6.86. The van der Waals surface area contributed by atoms with Gasteiger partial charge in [0.25, 0.3) is 0 Å². The Labute approximate surface area is 128 Å². The van der Waals surface area contributed by atoms with E-state index in [0.29, 0.717) is 17.1 Å². The molecule has 0 aliphatic rings. The van der Waals surface area contributed by atoms with E-state index in [0.717, 1.165) is 10.0 Å². The molecule has 0 atom stereocenters. The summed E-state index contributed by atoms with van der Waals surface area (Å²) >= 11 is 3.33. The topological polar surface area (TPSA) is 89.9 Å². The minimum atomic E-state index is -0.0729. The van der Waals surface area contributed by atoms with Gasteiger partial charge in [-0.05, 0) is 35.0 Å². The summed E-state index contributed by atoms with van der Waals surface area (Å²) in [6.07, 6.45) is 1.54. The smallest absolute Gasteiger partial charge is 0.204 e. The number of nitrogens with one attached hydrogen (secondary N) is 1. The van der Waals surface area contributed by atoms with Crippen LogP contribution in [0.25, 0.3) is 11.4 Å². The molecule has 0 radical (unpaired) electrons. The van der Waals surface area contributed by atoms with E-state index in [1.54, 1.807) is 18.3 Å². The molecule has 0 spiro atoms. The summed E-state index contributed by atoms with van der Waals surface area (Å²) in [5.41, 5.74) is 2.03. The van der Waals surface area contributed by atoms with Crippen molar-refractivity contribution in [3.05, 3.63) is 52.5 Å². The first-order chi connectivity index (χ1) is 10.2. The fourth-order valence-electron chi connectivity index (χ4n) is 1.77. The molecule has 7 heteroatoms. The molecule has 3 aromatic rings. The van der Waals surface area contributed by atoms with Gasteiger partial charge < -0.3 is 5.11 Å². The predicted octanol–water partition coefficient (Wildman–Crippen LogP) is 2.45. The molecule has 6 nitrogen and oxygen atoms in total. The lowest BCUT2D eigenvalue weighted by molar-refractivity contribution is -0.268. The van der Waals surface area contributed by atoms with Gasteiger partial charge in [0.1, 0.15) is 0 Å². The van der Waals surface area contributed by atoms with Crippen LogP contribution >= 0.6 is 15.9 Å². The van der Waals surface area contributed by atoms with Crippen molar-refractivity contribution in [2.75, 3.05) is 0 Å². The zero-order valence-corrected chi connectivity index (χ0v) is 12.3. The van der Waals surface area contributed by atoms with Crippen molar-refractivity contribution >= 4 is 27.8 Å². The third kappa shape index (κ3) is 3.14. The Hall–Kier alpha value is -2.54. The number of aliphatic imine (C=N–C) groups is 1. The average molecular weight is 343 g/mol. The fourth-order valence-corrected chi connectivity index (χ4v) is 2.15. The van der Waals surface area contributed by atoms with Gasteiger partial charge >= 0.3 is 0 Å². The van der Waals surface area contributed by atoms with Gasteiger partial charge in [-0.3, -0.25) is 4.99 Å². The maximum absolute atomic E-state index is 11.7. The van der Waals surface area contributed by atoms with Gasteiger partial charge in [0, 0.05) is 16.3 Å². The lowest BCUT2D eigenvalue weighted by Gasteiger charge is -2.09. The Balaban J connectivity index is 1.90. The number of nitrogens with zero attached hydrogens (tertiary/aromatic N) is 4. The van der Waals surface area contributed by atoms with Crippen molar-refractivity contribution in [1.29, 1.82) is 0 Å². The molecule has 0 unspecified atom stereocenters. The summed E-state index contributed by atoms with van der Waals surface area (Å²) in [6.45, 7) is 0. The summed E-state index contributed by atoms with van der Waals surface area (Å²) in [5.74, 6) is 0.426. The third-order valence-corrected chi connectivity index (χ3v) is 3.27. The van der Waals surface area contributed by atoms with Crippen LogP contribution in [0.5, 0.6) is 5.75 Å². The van der Waals surface area contributed by atoms with Crippen molar-refractivity contribution < 1.29 is 5.11 Å². The number of aromatic nitrogens is 4. The Morgan fingerprint density at radius 3 is 2.90 bits per heavy atom. The molecule has 1 N–H and O–H groups in total. The fraction of sp³-hybridized carbons (Fsp3) is 0. The second kappa shape index (κ2) is 5.84. The van der Waals surface area contributed by atoms with Crippen molar-refractivity contribution in [2.45, 2.75) is 0 Å². The molecule has 0 saturated carbocycles. The molecule has 0 aliphatic heterocycles. The molecule has 0 amide bonds. The number of hydrogen-bond acceptors (Lipinski definition) is 5. The highest BCUT2D eigenvalue weighted by molar-refractivity contribution is 9.10. The van der Waals surface area contributed by atoms with Crippen molar-refractivity contribution in [3.63, 3.8) is 0 Å². The van der Waals surface area contributed by atoms with E-state index in [-0.39, 0.29) is 5.75 Å². The van der Waals surface area contributed by atoms with Crippen LogP contribution in [0.2, 0.25) is 0 Å². The molecule has 21 heavy (non-hydrogen) atoms. The van der Waals surface area contributed by atoms with E-state index in [1.165, 1.54) is 6.07 Å². The number of hydrogen-bond donors (Lipinski definition) is 1. The van der Waals surface area contributed by atoms with Gasteiger partial charge in [-0.1, -0.05) is 39.9 Å². The SMILES string of the molecule is [O-]c1ccc(Br)cc1C=Nc1cccc(-c2nn[nH]n2)c1.